The van der Waals surface area contributed by atoms with Gasteiger partial charge in [0, 0.05) is 19.6 Å². The molecule has 0 amide bonds. The number of halogens is 1. The molecule has 0 aromatic heterocycles. The van der Waals surface area contributed by atoms with Crippen molar-refractivity contribution in [1.82, 2.24) is 10.2 Å². The molecule has 1 unspecified atom stereocenters. The van der Waals surface area contributed by atoms with Crippen molar-refractivity contribution in [3.05, 3.63) is 28.2 Å². The second kappa shape index (κ2) is 9.34. The van der Waals surface area contributed by atoms with Gasteiger partial charge >= 0.3 is 0 Å². The first kappa shape index (κ1) is 17.4. The van der Waals surface area contributed by atoms with E-state index in [0.29, 0.717) is 6.54 Å². The van der Waals surface area contributed by atoms with Gasteiger partial charge in [0.2, 0.25) is 0 Å². The fourth-order valence-electron chi connectivity index (χ4n) is 1.66. The van der Waals surface area contributed by atoms with Crippen LogP contribution in [0.1, 0.15) is 12.5 Å². The Labute approximate surface area is 130 Å². The lowest BCUT2D eigenvalue weighted by molar-refractivity contribution is 0.105. The molecular formula is C15H25BrN2O2. The Morgan fingerprint density at radius 1 is 1.45 bits per heavy atom. The fraction of sp³-hybridized carbons (Fsp3) is 0.600. The molecule has 0 fully saturated rings. The van der Waals surface area contributed by atoms with Crippen LogP contribution in [0.15, 0.2) is 22.7 Å². The molecule has 0 aliphatic carbocycles. The van der Waals surface area contributed by atoms with Crippen molar-refractivity contribution in [2.24, 2.45) is 0 Å². The second-order valence-corrected chi connectivity index (χ2v) is 5.85. The predicted molar refractivity (Wildman–Crippen MR) is 86.4 cm³/mol. The molecule has 0 aliphatic heterocycles. The van der Waals surface area contributed by atoms with Gasteiger partial charge in [0.15, 0.2) is 0 Å². The molecule has 0 heterocycles. The quantitative estimate of drug-likeness (QED) is 0.673. The summed E-state index contributed by atoms with van der Waals surface area (Å²) >= 11 is 3.46. The summed E-state index contributed by atoms with van der Waals surface area (Å²) in [7, 11) is 2.08. The minimum atomic E-state index is -0.505. The highest BCUT2D eigenvalue weighted by molar-refractivity contribution is 9.10. The first-order valence-corrected chi connectivity index (χ1v) is 7.78. The van der Waals surface area contributed by atoms with Crippen molar-refractivity contribution >= 4 is 15.9 Å². The monoisotopic (exact) mass is 344 g/mol. The fourth-order valence-corrected chi connectivity index (χ4v) is 2.27. The van der Waals surface area contributed by atoms with Gasteiger partial charge in [-0.2, -0.15) is 0 Å². The number of hydrogen-bond donors (Lipinski definition) is 2. The van der Waals surface area contributed by atoms with Crippen LogP contribution in [0.5, 0.6) is 5.75 Å². The van der Waals surface area contributed by atoms with E-state index in [4.69, 9.17) is 4.74 Å². The van der Waals surface area contributed by atoms with Crippen molar-refractivity contribution in [2.75, 3.05) is 39.8 Å². The van der Waals surface area contributed by atoms with Gasteiger partial charge in [-0.05, 0) is 54.1 Å². The van der Waals surface area contributed by atoms with Gasteiger partial charge in [-0.15, -0.1) is 0 Å². The van der Waals surface area contributed by atoms with E-state index in [-0.39, 0.29) is 6.61 Å². The molecule has 20 heavy (non-hydrogen) atoms. The lowest BCUT2D eigenvalue weighted by atomic mass is 10.2. The minimum absolute atomic E-state index is 0.290. The number of hydrogen-bond acceptors (Lipinski definition) is 4. The van der Waals surface area contributed by atoms with Crippen LogP contribution in [0.25, 0.3) is 0 Å². The molecule has 2 N–H and O–H groups in total. The minimum Gasteiger partial charge on any atom is -0.490 e. The number of nitrogens with zero attached hydrogens (tertiary/aromatic N) is 1. The summed E-state index contributed by atoms with van der Waals surface area (Å²) in [5.74, 6) is 0.764. The Hall–Kier alpha value is -0.620. The number of nitrogens with one attached hydrogen (secondary N) is 1. The summed E-state index contributed by atoms with van der Waals surface area (Å²) in [5.41, 5.74) is 1.17. The summed E-state index contributed by atoms with van der Waals surface area (Å²) in [6.07, 6.45) is -0.505. The summed E-state index contributed by atoms with van der Waals surface area (Å²) in [6, 6.07) is 5.90. The van der Waals surface area contributed by atoms with E-state index < -0.39 is 6.10 Å². The van der Waals surface area contributed by atoms with E-state index in [2.05, 4.69) is 40.1 Å². The molecule has 0 aliphatic rings. The van der Waals surface area contributed by atoms with Crippen LogP contribution in [0, 0.1) is 6.92 Å². The molecular weight excluding hydrogens is 320 g/mol. The number of aliphatic hydroxyl groups is 1. The molecule has 4 nitrogen and oxygen atoms in total. The second-order valence-electron chi connectivity index (χ2n) is 5.00. The number of aliphatic hydroxyl groups excluding tert-OH is 1. The normalized spacial score (nSPS) is 12.7. The average Bonchev–Trinajstić information content (AvgIpc) is 2.42. The molecule has 0 bridgehead atoms. The predicted octanol–water partition coefficient (Wildman–Crippen LogP) is 2.04. The molecule has 1 atom stereocenters. The molecule has 0 saturated heterocycles. The average molecular weight is 345 g/mol. The van der Waals surface area contributed by atoms with Gasteiger partial charge in [0.05, 0.1) is 4.47 Å². The van der Waals surface area contributed by atoms with E-state index in [1.54, 1.807) is 0 Å². The van der Waals surface area contributed by atoms with E-state index in [9.17, 15) is 5.11 Å². The summed E-state index contributed by atoms with van der Waals surface area (Å²) < 4.78 is 6.52. The lowest BCUT2D eigenvalue weighted by Crippen LogP contribution is -2.36. The third kappa shape index (κ3) is 6.70. The van der Waals surface area contributed by atoms with E-state index in [1.807, 2.05) is 25.1 Å². The van der Waals surface area contributed by atoms with Gasteiger partial charge < -0.3 is 20.1 Å². The van der Waals surface area contributed by atoms with Gasteiger partial charge in [0.25, 0.3) is 0 Å². The molecule has 0 spiro atoms. The Morgan fingerprint density at radius 2 is 2.20 bits per heavy atom. The van der Waals surface area contributed by atoms with Crippen LogP contribution < -0.4 is 10.1 Å². The summed E-state index contributed by atoms with van der Waals surface area (Å²) in [5, 5.41) is 13.1. The van der Waals surface area contributed by atoms with Gasteiger partial charge in [-0.25, -0.2) is 0 Å². The molecule has 1 aromatic rings. The highest BCUT2D eigenvalue weighted by atomic mass is 79.9. The first-order valence-electron chi connectivity index (χ1n) is 6.99. The highest BCUT2D eigenvalue weighted by Crippen LogP contribution is 2.25. The standard InChI is InChI=1S/C15H25BrN2O2/c1-4-18(3)8-7-17-10-13(19)11-20-15-6-5-12(2)9-14(15)16/h5-6,9,13,17,19H,4,7-8,10-11H2,1-3H3. The number of ether oxygens (including phenoxy) is 1. The zero-order chi connectivity index (χ0) is 15.0. The van der Waals surface area contributed by atoms with Crippen molar-refractivity contribution in [3.63, 3.8) is 0 Å². The van der Waals surface area contributed by atoms with Gasteiger partial charge in [0.1, 0.15) is 18.5 Å². The maximum absolute atomic E-state index is 9.86. The Morgan fingerprint density at radius 3 is 2.85 bits per heavy atom. The summed E-state index contributed by atoms with van der Waals surface area (Å²) in [6.45, 7) is 7.88. The number of benzene rings is 1. The van der Waals surface area contributed by atoms with Crippen LogP contribution in [0.4, 0.5) is 0 Å². The van der Waals surface area contributed by atoms with Crippen LogP contribution in [-0.2, 0) is 0 Å². The summed E-state index contributed by atoms with van der Waals surface area (Å²) in [4.78, 5) is 2.22. The Kier molecular flexibility index (Phi) is 8.14. The number of aryl methyl sites for hydroxylation is 1. The Balaban J connectivity index is 2.21. The highest BCUT2D eigenvalue weighted by Gasteiger charge is 2.07. The lowest BCUT2D eigenvalue weighted by Gasteiger charge is -2.16. The van der Waals surface area contributed by atoms with Gasteiger partial charge in [-0.1, -0.05) is 13.0 Å². The topological polar surface area (TPSA) is 44.7 Å². The zero-order valence-corrected chi connectivity index (χ0v) is 14.1. The van der Waals surface area contributed by atoms with Crippen LogP contribution >= 0.6 is 15.9 Å². The number of likely N-dealkylation sites (N-methyl/N-ethyl adjacent to an activating group) is 1. The van der Waals surface area contributed by atoms with E-state index in [1.165, 1.54) is 5.56 Å². The third-order valence-corrected chi connectivity index (χ3v) is 3.73. The SMILES string of the molecule is CCN(C)CCNCC(O)COc1ccc(C)cc1Br. The molecule has 1 rings (SSSR count). The van der Waals surface area contributed by atoms with Crippen molar-refractivity contribution in [3.8, 4) is 5.75 Å². The molecule has 114 valence electrons. The largest absolute Gasteiger partial charge is 0.490 e. The zero-order valence-electron chi connectivity index (χ0n) is 12.5. The molecule has 1 aromatic carbocycles. The smallest absolute Gasteiger partial charge is 0.133 e. The number of rotatable bonds is 9. The first-order chi connectivity index (χ1) is 9.52. The van der Waals surface area contributed by atoms with Crippen LogP contribution in [0.2, 0.25) is 0 Å². The van der Waals surface area contributed by atoms with E-state index in [0.717, 1.165) is 29.9 Å². The maximum atomic E-state index is 9.86. The maximum Gasteiger partial charge on any atom is 0.133 e. The molecule has 0 radical (unpaired) electrons. The Bertz CT molecular complexity index is 401. The van der Waals surface area contributed by atoms with E-state index >= 15 is 0 Å². The third-order valence-electron chi connectivity index (χ3n) is 3.11. The molecule has 5 heteroatoms. The van der Waals surface area contributed by atoms with Crippen LogP contribution in [0.3, 0.4) is 0 Å². The van der Waals surface area contributed by atoms with Gasteiger partial charge in [-0.3, -0.25) is 0 Å². The van der Waals surface area contributed by atoms with Crippen molar-refractivity contribution < 1.29 is 9.84 Å². The van der Waals surface area contributed by atoms with Crippen molar-refractivity contribution in [2.45, 2.75) is 20.0 Å². The van der Waals surface area contributed by atoms with Crippen LogP contribution in [-0.4, -0.2) is 55.9 Å². The molecule has 0 saturated carbocycles. The van der Waals surface area contributed by atoms with Crippen molar-refractivity contribution in [1.29, 1.82) is 0 Å².